The zero-order valence-electron chi connectivity index (χ0n) is 14.1. The van der Waals surface area contributed by atoms with Crippen molar-refractivity contribution in [1.82, 2.24) is 0 Å². The lowest BCUT2D eigenvalue weighted by molar-refractivity contribution is -0.130. The summed E-state index contributed by atoms with van der Waals surface area (Å²) in [6, 6.07) is 12.5. The number of hydrogen-bond donors (Lipinski definition) is 1. The second-order valence-electron chi connectivity index (χ2n) is 5.41. The summed E-state index contributed by atoms with van der Waals surface area (Å²) in [4.78, 5) is 21.8. The summed E-state index contributed by atoms with van der Waals surface area (Å²) >= 11 is 0. The van der Waals surface area contributed by atoms with Gasteiger partial charge in [-0.05, 0) is 35.2 Å². The molecular weight excluding hydrogens is 322 g/mol. The summed E-state index contributed by atoms with van der Waals surface area (Å²) < 4.78 is 10.7. The van der Waals surface area contributed by atoms with Gasteiger partial charge in [0.2, 0.25) is 0 Å². The van der Waals surface area contributed by atoms with Crippen molar-refractivity contribution in [2.24, 2.45) is 5.18 Å². The zero-order valence-corrected chi connectivity index (χ0v) is 14.1. The predicted octanol–water partition coefficient (Wildman–Crippen LogP) is 3.91. The number of hydrogen-bond acceptors (Lipinski definition) is 5. The molecule has 0 heterocycles. The quantitative estimate of drug-likeness (QED) is 0.447. The minimum absolute atomic E-state index is 0.0610. The van der Waals surface area contributed by atoms with Gasteiger partial charge in [0.15, 0.2) is 0 Å². The highest BCUT2D eigenvalue weighted by atomic mass is 16.5. The first-order chi connectivity index (χ1) is 12.1. The maximum absolute atomic E-state index is 11.4. The molecule has 0 unspecified atom stereocenters. The van der Waals surface area contributed by atoms with Crippen LogP contribution in [0.5, 0.6) is 5.75 Å². The van der Waals surface area contributed by atoms with Gasteiger partial charge in [-0.2, -0.15) is 4.91 Å². The number of nitrogens with zero attached hydrogens (tertiary/aromatic N) is 1. The van der Waals surface area contributed by atoms with Gasteiger partial charge in [0, 0.05) is 0 Å². The molecule has 6 nitrogen and oxygen atoms in total. The van der Waals surface area contributed by atoms with Crippen molar-refractivity contribution < 1.29 is 19.4 Å². The van der Waals surface area contributed by atoms with Crippen LogP contribution in [-0.4, -0.2) is 18.2 Å². The van der Waals surface area contributed by atoms with E-state index in [2.05, 4.69) is 5.18 Å². The third-order valence-corrected chi connectivity index (χ3v) is 3.64. The van der Waals surface area contributed by atoms with Gasteiger partial charge in [0.25, 0.3) is 0 Å². The van der Waals surface area contributed by atoms with Crippen LogP contribution in [0.1, 0.15) is 22.3 Å². The Morgan fingerprint density at radius 2 is 2.00 bits per heavy atom. The first-order valence-electron chi connectivity index (χ1n) is 7.62. The van der Waals surface area contributed by atoms with Gasteiger partial charge in [-0.1, -0.05) is 41.6 Å². The van der Waals surface area contributed by atoms with Gasteiger partial charge in [-0.15, -0.1) is 0 Å². The van der Waals surface area contributed by atoms with Crippen molar-refractivity contribution in [3.05, 3.63) is 75.9 Å². The molecule has 0 saturated heterocycles. The first-order valence-corrected chi connectivity index (χ1v) is 7.62. The maximum atomic E-state index is 11.4. The molecule has 0 radical (unpaired) electrons. The van der Waals surface area contributed by atoms with Crippen molar-refractivity contribution in [2.45, 2.75) is 20.1 Å². The fourth-order valence-corrected chi connectivity index (χ4v) is 2.46. The van der Waals surface area contributed by atoms with E-state index in [9.17, 15) is 14.8 Å². The molecule has 0 aliphatic rings. The van der Waals surface area contributed by atoms with E-state index in [1.807, 2.05) is 25.1 Å². The van der Waals surface area contributed by atoms with Crippen molar-refractivity contribution in [3.63, 3.8) is 0 Å². The van der Waals surface area contributed by atoms with Gasteiger partial charge in [-0.3, -0.25) is 0 Å². The second kappa shape index (κ2) is 8.63. The smallest absolute Gasteiger partial charge is 0.339 e. The van der Waals surface area contributed by atoms with Gasteiger partial charge in [0.1, 0.15) is 24.5 Å². The molecule has 0 aromatic heterocycles. The molecule has 0 fully saturated rings. The summed E-state index contributed by atoms with van der Waals surface area (Å²) in [6.07, 6.45) is 1.20. The monoisotopic (exact) mass is 341 g/mol. The van der Waals surface area contributed by atoms with E-state index in [-0.39, 0.29) is 18.7 Å². The van der Waals surface area contributed by atoms with E-state index < -0.39 is 5.97 Å². The van der Waals surface area contributed by atoms with Crippen LogP contribution in [0.2, 0.25) is 0 Å². The number of benzene rings is 2. The lowest BCUT2D eigenvalue weighted by atomic mass is 10.0. The van der Waals surface area contributed by atoms with E-state index >= 15 is 0 Å². The summed E-state index contributed by atoms with van der Waals surface area (Å²) in [7, 11) is 1.40. The molecule has 0 atom stereocenters. The summed E-state index contributed by atoms with van der Waals surface area (Å²) in [6.45, 7) is 2.20. The molecular formula is C19H19NO5. The summed E-state index contributed by atoms with van der Waals surface area (Å²) in [5, 5.41) is 12.2. The van der Waals surface area contributed by atoms with Gasteiger partial charge >= 0.3 is 5.97 Å². The Bertz CT molecular complexity index is 798. The normalized spacial score (nSPS) is 11.0. The van der Waals surface area contributed by atoms with Gasteiger partial charge in [-0.25, -0.2) is 4.79 Å². The van der Waals surface area contributed by atoms with E-state index in [4.69, 9.17) is 9.47 Å². The zero-order chi connectivity index (χ0) is 18.2. The first kappa shape index (κ1) is 18.2. The highest BCUT2D eigenvalue weighted by Crippen LogP contribution is 2.24. The minimum atomic E-state index is -1.07. The van der Waals surface area contributed by atoms with Crippen LogP contribution in [0, 0.1) is 11.8 Å². The maximum Gasteiger partial charge on any atom is 0.339 e. The van der Waals surface area contributed by atoms with Gasteiger partial charge < -0.3 is 14.6 Å². The van der Waals surface area contributed by atoms with Crippen LogP contribution < -0.4 is 4.74 Å². The number of carboxylic acid groups (broad SMARTS) is 1. The number of rotatable bonds is 8. The lowest BCUT2D eigenvalue weighted by Gasteiger charge is -2.13. The van der Waals surface area contributed by atoms with Crippen LogP contribution in [0.4, 0.5) is 0 Å². The number of methoxy groups -OCH3 is 1. The third-order valence-electron chi connectivity index (χ3n) is 3.64. The van der Waals surface area contributed by atoms with Crippen molar-refractivity contribution in [1.29, 1.82) is 0 Å². The van der Waals surface area contributed by atoms with Crippen LogP contribution in [0.25, 0.3) is 5.57 Å². The fraction of sp³-hybridized carbons (Fsp3) is 0.211. The number of nitroso groups, excluding NO2 is 1. The Kier molecular flexibility index (Phi) is 6.28. The predicted molar refractivity (Wildman–Crippen MR) is 94.1 cm³/mol. The Hall–Kier alpha value is -3.15. The number of aliphatic carboxylic acids is 1. The molecule has 0 bridgehead atoms. The summed E-state index contributed by atoms with van der Waals surface area (Å²) in [5.74, 6) is -0.409. The highest BCUT2D eigenvalue weighted by molar-refractivity contribution is 6.15. The third kappa shape index (κ3) is 4.67. The number of carboxylic acids is 1. The molecule has 1 N–H and O–H groups in total. The summed E-state index contributed by atoms with van der Waals surface area (Å²) in [5.41, 5.74) is 3.02. The standard InChI is InChI=1S/C19H19NO5/c1-13-9-14(10-20-23)7-8-18(13)25-11-15-5-3-4-6-16(15)17(12-24-2)19(21)22/h3-9,12H,10-11H2,1-2H3,(H,21,22). The molecule has 6 heteroatoms. The van der Waals surface area contributed by atoms with Crippen molar-refractivity contribution in [2.75, 3.05) is 7.11 Å². The molecule has 2 aromatic rings. The fourth-order valence-electron chi connectivity index (χ4n) is 2.46. The Morgan fingerprint density at radius 3 is 2.64 bits per heavy atom. The highest BCUT2D eigenvalue weighted by Gasteiger charge is 2.15. The van der Waals surface area contributed by atoms with E-state index in [1.165, 1.54) is 13.4 Å². The Balaban J connectivity index is 2.23. The molecule has 2 aromatic carbocycles. The lowest BCUT2D eigenvalue weighted by Crippen LogP contribution is -2.06. The SMILES string of the molecule is COC=C(C(=O)O)c1ccccc1COc1ccc(CN=O)cc1C. The van der Waals surface area contributed by atoms with E-state index in [0.717, 1.165) is 16.7 Å². The molecule has 0 saturated carbocycles. The van der Waals surface area contributed by atoms with E-state index in [0.29, 0.717) is 11.3 Å². The van der Waals surface area contributed by atoms with Crippen LogP contribution >= 0.6 is 0 Å². The average molecular weight is 341 g/mol. The van der Waals surface area contributed by atoms with Crippen molar-refractivity contribution in [3.8, 4) is 5.75 Å². The average Bonchev–Trinajstić information content (AvgIpc) is 2.59. The number of ether oxygens (including phenoxy) is 2. The number of carbonyl (C=O) groups is 1. The molecule has 0 amide bonds. The molecule has 0 spiro atoms. The van der Waals surface area contributed by atoms with Crippen molar-refractivity contribution >= 4 is 11.5 Å². The Morgan fingerprint density at radius 1 is 1.24 bits per heavy atom. The molecule has 2 rings (SSSR count). The van der Waals surface area contributed by atoms with Crippen LogP contribution in [0.3, 0.4) is 0 Å². The molecule has 0 aliphatic heterocycles. The molecule has 130 valence electrons. The van der Waals surface area contributed by atoms with Gasteiger partial charge in [0.05, 0.1) is 13.4 Å². The molecule has 0 aliphatic carbocycles. The molecule has 25 heavy (non-hydrogen) atoms. The van der Waals surface area contributed by atoms with Crippen LogP contribution in [-0.2, 0) is 22.7 Å². The largest absolute Gasteiger partial charge is 0.503 e. The Labute approximate surface area is 145 Å². The van der Waals surface area contributed by atoms with Crippen LogP contribution in [0.15, 0.2) is 53.9 Å². The number of aryl methyl sites for hydroxylation is 1. The second-order valence-corrected chi connectivity index (χ2v) is 5.41. The van der Waals surface area contributed by atoms with E-state index in [1.54, 1.807) is 24.3 Å². The topological polar surface area (TPSA) is 85.2 Å². The minimum Gasteiger partial charge on any atom is -0.503 e.